The molecule has 1 atom stereocenters. The van der Waals surface area contributed by atoms with Gasteiger partial charge in [-0.2, -0.15) is 0 Å². The van der Waals surface area contributed by atoms with Crippen molar-refractivity contribution in [2.24, 2.45) is 5.92 Å². The summed E-state index contributed by atoms with van der Waals surface area (Å²) in [4.78, 5) is 11.3. The third kappa shape index (κ3) is 4.94. The monoisotopic (exact) mass is 169 g/mol. The molecule has 0 aliphatic carbocycles. The van der Waals surface area contributed by atoms with Gasteiger partial charge >= 0.3 is 0 Å². The maximum Gasteiger partial charge on any atom is 0.223 e. The minimum Gasteiger partial charge on any atom is -0.352 e. The molecule has 0 fully saturated rings. The third-order valence-electron chi connectivity index (χ3n) is 1.73. The first-order valence-corrected chi connectivity index (χ1v) is 4.50. The standard InChI is InChI=1S/C10H19NO/c1-5-6-9(4)10(12)11-7-8(2)3/h9H,2,5-7H2,1,3-4H3,(H,11,12). The minimum absolute atomic E-state index is 0.134. The van der Waals surface area contributed by atoms with Gasteiger partial charge in [0.1, 0.15) is 0 Å². The summed E-state index contributed by atoms with van der Waals surface area (Å²) in [7, 11) is 0. The first kappa shape index (κ1) is 11.2. The second-order valence-corrected chi connectivity index (χ2v) is 3.36. The van der Waals surface area contributed by atoms with Crippen LogP contribution >= 0.6 is 0 Å². The van der Waals surface area contributed by atoms with Gasteiger partial charge in [-0.25, -0.2) is 0 Å². The van der Waals surface area contributed by atoms with E-state index in [-0.39, 0.29) is 11.8 Å². The molecule has 0 aromatic rings. The van der Waals surface area contributed by atoms with Crippen molar-refractivity contribution in [2.75, 3.05) is 6.54 Å². The molecule has 0 bridgehead atoms. The van der Waals surface area contributed by atoms with Crippen LogP contribution in [0.3, 0.4) is 0 Å². The molecular weight excluding hydrogens is 150 g/mol. The molecule has 70 valence electrons. The smallest absolute Gasteiger partial charge is 0.223 e. The highest BCUT2D eigenvalue weighted by molar-refractivity contribution is 5.78. The van der Waals surface area contributed by atoms with Crippen LogP contribution in [0.1, 0.15) is 33.6 Å². The Morgan fingerprint density at radius 1 is 1.58 bits per heavy atom. The van der Waals surface area contributed by atoms with Crippen molar-refractivity contribution < 1.29 is 4.79 Å². The van der Waals surface area contributed by atoms with Gasteiger partial charge in [0, 0.05) is 12.5 Å². The lowest BCUT2D eigenvalue weighted by molar-refractivity contribution is -0.124. The summed E-state index contributed by atoms with van der Waals surface area (Å²) in [5.41, 5.74) is 0.993. The lowest BCUT2D eigenvalue weighted by atomic mass is 10.1. The van der Waals surface area contributed by atoms with Crippen LogP contribution in [-0.4, -0.2) is 12.5 Å². The average molecular weight is 169 g/mol. The molecule has 0 radical (unpaired) electrons. The van der Waals surface area contributed by atoms with Crippen molar-refractivity contribution in [3.8, 4) is 0 Å². The first-order valence-electron chi connectivity index (χ1n) is 4.50. The Morgan fingerprint density at radius 2 is 2.17 bits per heavy atom. The van der Waals surface area contributed by atoms with Crippen LogP contribution in [0.2, 0.25) is 0 Å². The van der Waals surface area contributed by atoms with Crippen molar-refractivity contribution in [3.63, 3.8) is 0 Å². The van der Waals surface area contributed by atoms with Crippen LogP contribution in [0, 0.1) is 5.92 Å². The van der Waals surface area contributed by atoms with Gasteiger partial charge in [-0.15, -0.1) is 0 Å². The fraction of sp³-hybridized carbons (Fsp3) is 0.700. The number of nitrogens with one attached hydrogen (secondary N) is 1. The van der Waals surface area contributed by atoms with Gasteiger partial charge in [0.15, 0.2) is 0 Å². The van der Waals surface area contributed by atoms with Crippen molar-refractivity contribution >= 4 is 5.91 Å². The maximum atomic E-state index is 11.3. The van der Waals surface area contributed by atoms with Gasteiger partial charge in [-0.3, -0.25) is 4.79 Å². The average Bonchev–Trinajstić information content (AvgIpc) is 2.00. The van der Waals surface area contributed by atoms with Crippen molar-refractivity contribution in [2.45, 2.75) is 33.6 Å². The molecule has 12 heavy (non-hydrogen) atoms. The quantitative estimate of drug-likeness (QED) is 0.627. The normalized spacial score (nSPS) is 12.2. The number of hydrogen-bond acceptors (Lipinski definition) is 1. The molecule has 0 aliphatic rings. The zero-order valence-corrected chi connectivity index (χ0v) is 8.31. The Labute approximate surface area is 75.0 Å². The largest absolute Gasteiger partial charge is 0.352 e. The summed E-state index contributed by atoms with van der Waals surface area (Å²) in [5, 5.41) is 2.83. The van der Waals surface area contributed by atoms with Gasteiger partial charge in [0.25, 0.3) is 0 Å². The van der Waals surface area contributed by atoms with E-state index in [0.717, 1.165) is 18.4 Å². The van der Waals surface area contributed by atoms with Crippen molar-refractivity contribution in [1.29, 1.82) is 0 Å². The van der Waals surface area contributed by atoms with Gasteiger partial charge < -0.3 is 5.32 Å². The molecule has 0 aliphatic heterocycles. The summed E-state index contributed by atoms with van der Waals surface area (Å²) in [5.74, 6) is 0.272. The molecule has 2 nitrogen and oxygen atoms in total. The molecule has 0 aromatic heterocycles. The second-order valence-electron chi connectivity index (χ2n) is 3.36. The minimum atomic E-state index is 0.134. The van der Waals surface area contributed by atoms with E-state index in [2.05, 4.69) is 18.8 Å². The van der Waals surface area contributed by atoms with E-state index < -0.39 is 0 Å². The Hall–Kier alpha value is -0.790. The fourth-order valence-electron chi connectivity index (χ4n) is 0.976. The topological polar surface area (TPSA) is 29.1 Å². The Bertz CT molecular complexity index is 163. The highest BCUT2D eigenvalue weighted by Gasteiger charge is 2.09. The highest BCUT2D eigenvalue weighted by atomic mass is 16.1. The Kier molecular flexibility index (Phi) is 5.43. The molecule has 0 spiro atoms. The molecule has 0 heterocycles. The number of carbonyl (C=O) groups is 1. The van der Waals surface area contributed by atoms with Gasteiger partial charge in [0.2, 0.25) is 5.91 Å². The number of amides is 1. The van der Waals surface area contributed by atoms with Crippen LogP contribution in [-0.2, 0) is 4.79 Å². The van der Waals surface area contributed by atoms with Crippen LogP contribution in [0.25, 0.3) is 0 Å². The van der Waals surface area contributed by atoms with Gasteiger partial charge in [-0.1, -0.05) is 32.4 Å². The van der Waals surface area contributed by atoms with Crippen LogP contribution in [0.5, 0.6) is 0 Å². The van der Waals surface area contributed by atoms with Crippen molar-refractivity contribution in [3.05, 3.63) is 12.2 Å². The van der Waals surface area contributed by atoms with Gasteiger partial charge in [0.05, 0.1) is 0 Å². The molecule has 0 saturated heterocycles. The SMILES string of the molecule is C=C(C)CNC(=O)C(C)CCC. The van der Waals surface area contributed by atoms with E-state index in [4.69, 9.17) is 0 Å². The molecular formula is C10H19NO. The summed E-state index contributed by atoms with van der Waals surface area (Å²) in [6.45, 7) is 10.3. The number of hydrogen-bond donors (Lipinski definition) is 1. The molecule has 2 heteroatoms. The highest BCUT2D eigenvalue weighted by Crippen LogP contribution is 2.04. The van der Waals surface area contributed by atoms with Crippen molar-refractivity contribution in [1.82, 2.24) is 5.32 Å². The van der Waals surface area contributed by atoms with E-state index in [9.17, 15) is 4.79 Å². The zero-order valence-electron chi connectivity index (χ0n) is 8.31. The summed E-state index contributed by atoms with van der Waals surface area (Å²) < 4.78 is 0. The fourth-order valence-corrected chi connectivity index (χ4v) is 0.976. The Balaban J connectivity index is 3.64. The summed E-state index contributed by atoms with van der Waals surface area (Å²) in [6.07, 6.45) is 2.02. The maximum absolute atomic E-state index is 11.3. The molecule has 0 saturated carbocycles. The van der Waals surface area contributed by atoms with Gasteiger partial charge in [-0.05, 0) is 13.3 Å². The second kappa shape index (κ2) is 5.81. The van der Waals surface area contributed by atoms with E-state index >= 15 is 0 Å². The number of rotatable bonds is 5. The molecule has 0 aromatic carbocycles. The van der Waals surface area contributed by atoms with E-state index in [1.807, 2.05) is 13.8 Å². The Morgan fingerprint density at radius 3 is 2.58 bits per heavy atom. The molecule has 0 rings (SSSR count). The predicted octanol–water partition coefficient (Wildman–Crippen LogP) is 2.11. The first-order chi connectivity index (χ1) is 5.57. The van der Waals surface area contributed by atoms with E-state index in [0.29, 0.717) is 6.54 Å². The van der Waals surface area contributed by atoms with Crippen LogP contribution < -0.4 is 5.32 Å². The number of carbonyl (C=O) groups excluding carboxylic acids is 1. The van der Waals surface area contributed by atoms with E-state index in [1.54, 1.807) is 0 Å². The molecule has 1 unspecified atom stereocenters. The predicted molar refractivity (Wildman–Crippen MR) is 51.9 cm³/mol. The summed E-state index contributed by atoms with van der Waals surface area (Å²) >= 11 is 0. The van der Waals surface area contributed by atoms with Crippen LogP contribution in [0.15, 0.2) is 12.2 Å². The zero-order chi connectivity index (χ0) is 9.56. The van der Waals surface area contributed by atoms with E-state index in [1.165, 1.54) is 0 Å². The molecule has 1 N–H and O–H groups in total. The lowest BCUT2D eigenvalue weighted by Gasteiger charge is -2.10. The summed E-state index contributed by atoms with van der Waals surface area (Å²) in [6, 6.07) is 0. The molecule has 1 amide bonds. The third-order valence-corrected chi connectivity index (χ3v) is 1.73. The lowest BCUT2D eigenvalue weighted by Crippen LogP contribution is -2.30. The van der Waals surface area contributed by atoms with Crippen LogP contribution in [0.4, 0.5) is 0 Å².